The highest BCUT2D eigenvalue weighted by molar-refractivity contribution is 7.92. The van der Waals surface area contributed by atoms with Crippen LogP contribution in [0.2, 0.25) is 0 Å². The molecule has 1 atom stereocenters. The van der Waals surface area contributed by atoms with Crippen LogP contribution in [0.5, 0.6) is 0 Å². The SMILES string of the molecule is Cc1ccccc1S(=O)(=O)C1C[N]1. The van der Waals surface area contributed by atoms with Gasteiger partial charge >= 0.3 is 0 Å². The van der Waals surface area contributed by atoms with Crippen LogP contribution in [0.4, 0.5) is 0 Å². The Morgan fingerprint density at radius 2 is 2.00 bits per heavy atom. The van der Waals surface area contributed by atoms with Gasteiger partial charge in [0.1, 0.15) is 5.37 Å². The molecule has 1 aromatic carbocycles. The lowest BCUT2D eigenvalue weighted by molar-refractivity contribution is 0.593. The fourth-order valence-electron chi connectivity index (χ4n) is 1.26. The van der Waals surface area contributed by atoms with E-state index in [9.17, 15) is 8.42 Å². The van der Waals surface area contributed by atoms with Crippen molar-refractivity contribution in [3.05, 3.63) is 29.8 Å². The maximum absolute atomic E-state index is 11.7. The molecule has 13 heavy (non-hydrogen) atoms. The zero-order valence-electron chi connectivity index (χ0n) is 7.27. The molecule has 0 amide bonds. The first-order chi connectivity index (χ1) is 6.12. The number of rotatable bonds is 2. The van der Waals surface area contributed by atoms with Crippen molar-refractivity contribution in [1.29, 1.82) is 0 Å². The summed E-state index contributed by atoms with van der Waals surface area (Å²) in [5.41, 5.74) is 0.796. The summed E-state index contributed by atoms with van der Waals surface area (Å²) in [7, 11) is -3.16. The Bertz CT molecular complexity index is 421. The van der Waals surface area contributed by atoms with Crippen LogP contribution >= 0.6 is 0 Å². The molecule has 0 aromatic heterocycles. The van der Waals surface area contributed by atoms with Gasteiger partial charge in [0.15, 0.2) is 9.84 Å². The number of hydrogen-bond donors (Lipinski definition) is 0. The summed E-state index contributed by atoms with van der Waals surface area (Å²) in [6.07, 6.45) is 0. The highest BCUT2D eigenvalue weighted by atomic mass is 32.2. The monoisotopic (exact) mass is 196 g/mol. The van der Waals surface area contributed by atoms with Crippen molar-refractivity contribution in [1.82, 2.24) is 5.32 Å². The largest absolute Gasteiger partial charge is 0.222 e. The van der Waals surface area contributed by atoms with Gasteiger partial charge in [0, 0.05) is 6.54 Å². The van der Waals surface area contributed by atoms with Gasteiger partial charge in [0.25, 0.3) is 0 Å². The van der Waals surface area contributed by atoms with Crippen LogP contribution in [0.25, 0.3) is 0 Å². The van der Waals surface area contributed by atoms with E-state index in [1.54, 1.807) is 25.1 Å². The fourth-order valence-corrected chi connectivity index (χ4v) is 2.82. The van der Waals surface area contributed by atoms with Gasteiger partial charge in [-0.25, -0.2) is 13.7 Å². The minimum absolute atomic E-state index is 0.418. The van der Waals surface area contributed by atoms with Crippen molar-refractivity contribution in [2.75, 3.05) is 6.54 Å². The molecule has 1 radical (unpaired) electrons. The van der Waals surface area contributed by atoms with Gasteiger partial charge in [-0.1, -0.05) is 18.2 Å². The third-order valence-electron chi connectivity index (χ3n) is 2.09. The number of hydrogen-bond acceptors (Lipinski definition) is 2. The predicted molar refractivity (Wildman–Crippen MR) is 49.2 cm³/mol. The van der Waals surface area contributed by atoms with Crippen molar-refractivity contribution in [3.8, 4) is 0 Å². The Morgan fingerprint density at radius 3 is 2.54 bits per heavy atom. The third-order valence-corrected chi connectivity index (χ3v) is 4.18. The Labute approximate surface area is 77.7 Å². The lowest BCUT2D eigenvalue weighted by Crippen LogP contribution is -2.10. The molecule has 2 rings (SSSR count). The molecule has 0 bridgehead atoms. The molecule has 0 saturated carbocycles. The summed E-state index contributed by atoms with van der Waals surface area (Å²) in [5, 5.41) is 3.33. The number of sulfone groups is 1. The normalized spacial score (nSPS) is 21.5. The maximum Gasteiger partial charge on any atom is 0.197 e. The van der Waals surface area contributed by atoms with E-state index >= 15 is 0 Å². The quantitative estimate of drug-likeness (QED) is 0.654. The van der Waals surface area contributed by atoms with Gasteiger partial charge in [-0.2, -0.15) is 0 Å². The van der Waals surface area contributed by atoms with Crippen molar-refractivity contribution in [2.24, 2.45) is 0 Å². The molecule has 0 N–H and O–H groups in total. The first kappa shape index (κ1) is 8.72. The molecule has 1 unspecified atom stereocenters. The van der Waals surface area contributed by atoms with E-state index in [2.05, 4.69) is 5.32 Å². The second kappa shape index (κ2) is 2.82. The molecule has 1 aromatic rings. The summed E-state index contributed by atoms with van der Waals surface area (Å²) in [5.74, 6) is 0. The first-order valence-electron chi connectivity index (χ1n) is 4.08. The van der Waals surface area contributed by atoms with Crippen molar-refractivity contribution >= 4 is 9.84 Å². The van der Waals surface area contributed by atoms with Crippen LogP contribution in [-0.4, -0.2) is 20.3 Å². The minimum atomic E-state index is -3.16. The number of aryl methyl sites for hydroxylation is 1. The molecule has 1 aliphatic heterocycles. The maximum atomic E-state index is 11.7. The fraction of sp³-hybridized carbons (Fsp3) is 0.333. The molecular formula is C9H10NO2S. The van der Waals surface area contributed by atoms with E-state index < -0.39 is 15.2 Å². The smallest absolute Gasteiger partial charge is 0.197 e. The average molecular weight is 196 g/mol. The Balaban J connectivity index is 2.51. The van der Waals surface area contributed by atoms with Crippen LogP contribution in [0.15, 0.2) is 29.2 Å². The predicted octanol–water partition coefficient (Wildman–Crippen LogP) is 0.713. The second-order valence-corrected chi connectivity index (χ2v) is 5.20. The second-order valence-electron chi connectivity index (χ2n) is 3.13. The summed E-state index contributed by atoms with van der Waals surface area (Å²) in [4.78, 5) is 0.418. The minimum Gasteiger partial charge on any atom is -0.222 e. The highest BCUT2D eigenvalue weighted by Gasteiger charge is 2.38. The van der Waals surface area contributed by atoms with Crippen LogP contribution < -0.4 is 5.32 Å². The summed E-state index contributed by atoms with van der Waals surface area (Å²) in [6.45, 7) is 2.26. The molecule has 4 heteroatoms. The lowest BCUT2D eigenvalue weighted by atomic mass is 10.2. The van der Waals surface area contributed by atoms with E-state index in [4.69, 9.17) is 0 Å². The van der Waals surface area contributed by atoms with Crippen molar-refractivity contribution < 1.29 is 8.42 Å². The summed E-state index contributed by atoms with van der Waals surface area (Å²) >= 11 is 0. The molecule has 0 aliphatic carbocycles. The van der Waals surface area contributed by atoms with Gasteiger partial charge < -0.3 is 0 Å². The molecule has 3 nitrogen and oxygen atoms in total. The Kier molecular flexibility index (Phi) is 1.89. The van der Waals surface area contributed by atoms with Gasteiger partial charge in [0.2, 0.25) is 0 Å². The highest BCUT2D eigenvalue weighted by Crippen LogP contribution is 2.23. The number of benzene rings is 1. The van der Waals surface area contributed by atoms with Gasteiger partial charge in [0.05, 0.1) is 4.90 Å². The van der Waals surface area contributed by atoms with E-state index in [0.29, 0.717) is 11.4 Å². The van der Waals surface area contributed by atoms with Crippen LogP contribution in [-0.2, 0) is 9.84 Å². The molecule has 1 aliphatic rings. The molecule has 69 valence electrons. The van der Waals surface area contributed by atoms with Crippen molar-refractivity contribution in [2.45, 2.75) is 17.2 Å². The molecular weight excluding hydrogens is 186 g/mol. The van der Waals surface area contributed by atoms with Gasteiger partial charge in [-0.3, -0.25) is 0 Å². The van der Waals surface area contributed by atoms with Crippen molar-refractivity contribution in [3.63, 3.8) is 0 Å². The van der Waals surface area contributed by atoms with E-state index in [1.165, 1.54) is 0 Å². The van der Waals surface area contributed by atoms with Gasteiger partial charge in [-0.05, 0) is 18.6 Å². The van der Waals surface area contributed by atoms with Gasteiger partial charge in [-0.15, -0.1) is 0 Å². The van der Waals surface area contributed by atoms with E-state index in [0.717, 1.165) is 5.56 Å². The molecule has 1 heterocycles. The molecule has 0 spiro atoms. The zero-order valence-corrected chi connectivity index (χ0v) is 8.08. The van der Waals surface area contributed by atoms with E-state index in [-0.39, 0.29) is 0 Å². The third kappa shape index (κ3) is 1.47. The van der Waals surface area contributed by atoms with Crippen LogP contribution in [0.3, 0.4) is 0 Å². The average Bonchev–Trinajstić information content (AvgIpc) is 2.86. The van der Waals surface area contributed by atoms with E-state index in [1.807, 2.05) is 6.07 Å². The summed E-state index contributed by atoms with van der Waals surface area (Å²) < 4.78 is 23.4. The molecule has 1 saturated heterocycles. The lowest BCUT2D eigenvalue weighted by Gasteiger charge is -2.03. The zero-order chi connectivity index (χ0) is 9.47. The molecule has 1 fully saturated rings. The Hall–Kier alpha value is -0.870. The van der Waals surface area contributed by atoms with Crippen LogP contribution in [0.1, 0.15) is 5.56 Å². The topological polar surface area (TPSA) is 48.2 Å². The van der Waals surface area contributed by atoms with Crippen LogP contribution in [0, 0.1) is 6.92 Å². The first-order valence-corrected chi connectivity index (χ1v) is 5.63. The standard InChI is InChI=1S/C9H10NO2S/c1-7-4-2-3-5-8(7)13(11,12)9-6-10-9/h2-5,9H,6H2,1H3. The number of nitrogens with zero attached hydrogens (tertiary/aromatic N) is 1. The summed E-state index contributed by atoms with van der Waals surface area (Å²) in [6, 6.07) is 7.01. The Morgan fingerprint density at radius 1 is 1.38 bits per heavy atom.